The summed E-state index contributed by atoms with van der Waals surface area (Å²) in [6.07, 6.45) is 1.78. The van der Waals surface area contributed by atoms with Crippen LogP contribution < -0.4 is 5.43 Å². The predicted octanol–water partition coefficient (Wildman–Crippen LogP) is 3.06. The maximum Gasteiger partial charge on any atom is 0.238 e. The summed E-state index contributed by atoms with van der Waals surface area (Å²) in [7, 11) is 0. The van der Waals surface area contributed by atoms with E-state index in [-0.39, 0.29) is 22.5 Å². The third kappa shape index (κ3) is 1.92. The summed E-state index contributed by atoms with van der Waals surface area (Å²) in [6, 6.07) is 9.40. The first-order valence-corrected chi connectivity index (χ1v) is 6.84. The van der Waals surface area contributed by atoms with Gasteiger partial charge < -0.3 is 24.7 Å². The van der Waals surface area contributed by atoms with Gasteiger partial charge in [0.15, 0.2) is 5.76 Å². The molecule has 0 radical (unpaired) electrons. The lowest BCUT2D eigenvalue weighted by Gasteiger charge is -2.07. The second-order valence-electron chi connectivity index (χ2n) is 5.23. The average Bonchev–Trinajstić information content (AvgIpc) is 2.97. The smallest absolute Gasteiger partial charge is 0.238 e. The van der Waals surface area contributed by atoms with Gasteiger partial charge in [0.05, 0.1) is 0 Å². The second kappa shape index (κ2) is 4.54. The van der Waals surface area contributed by atoms with Crippen molar-refractivity contribution >= 4 is 21.9 Å². The highest BCUT2D eigenvalue weighted by Crippen LogP contribution is 2.35. The molecule has 6 heteroatoms. The molecule has 0 saturated heterocycles. The van der Waals surface area contributed by atoms with Crippen LogP contribution in [0.5, 0.6) is 17.2 Å². The number of nitrogens with one attached hydrogen (secondary N) is 1. The van der Waals surface area contributed by atoms with E-state index in [1.54, 1.807) is 18.3 Å². The Morgan fingerprint density at radius 2 is 1.83 bits per heavy atom. The van der Waals surface area contributed by atoms with Gasteiger partial charge in [-0.3, -0.25) is 4.79 Å². The number of phenolic OH excluding ortho intramolecular Hbond substituents is 2. The molecule has 23 heavy (non-hydrogen) atoms. The van der Waals surface area contributed by atoms with Crippen molar-refractivity contribution in [2.75, 3.05) is 0 Å². The van der Waals surface area contributed by atoms with Crippen molar-refractivity contribution in [2.45, 2.75) is 0 Å². The van der Waals surface area contributed by atoms with Crippen molar-refractivity contribution < 1.29 is 19.7 Å². The Hall–Kier alpha value is -3.41. The van der Waals surface area contributed by atoms with Crippen LogP contribution in [-0.4, -0.2) is 20.3 Å². The Morgan fingerprint density at radius 1 is 1.00 bits per heavy atom. The number of aromatic hydroxyl groups is 3. The van der Waals surface area contributed by atoms with Crippen LogP contribution >= 0.6 is 0 Å². The minimum absolute atomic E-state index is 0.00752. The maximum atomic E-state index is 12.3. The first kappa shape index (κ1) is 13.3. The van der Waals surface area contributed by atoms with Gasteiger partial charge in [0.25, 0.3) is 0 Å². The molecular formula is C17H11NO5. The van der Waals surface area contributed by atoms with E-state index in [9.17, 15) is 20.1 Å². The molecule has 2 heterocycles. The standard InChI is InChI=1S/C17H11NO5/c19-10-6-12(20)14-13(7-10)23-17(16(22)15(14)21)9-2-1-8-3-4-18-11(8)5-9/h1-7,18-20,22H. The highest BCUT2D eigenvalue weighted by molar-refractivity contribution is 5.90. The highest BCUT2D eigenvalue weighted by atomic mass is 16.4. The summed E-state index contributed by atoms with van der Waals surface area (Å²) in [5.74, 6) is -1.31. The van der Waals surface area contributed by atoms with Gasteiger partial charge in [0.1, 0.15) is 22.5 Å². The summed E-state index contributed by atoms with van der Waals surface area (Å²) >= 11 is 0. The van der Waals surface area contributed by atoms with Crippen LogP contribution in [0.1, 0.15) is 0 Å². The molecule has 0 aliphatic rings. The average molecular weight is 309 g/mol. The zero-order chi connectivity index (χ0) is 16.1. The number of aromatic nitrogens is 1. The fourth-order valence-electron chi connectivity index (χ4n) is 2.66. The van der Waals surface area contributed by atoms with Crippen molar-refractivity contribution in [1.29, 1.82) is 0 Å². The number of aromatic amines is 1. The topological polar surface area (TPSA) is 107 Å². The zero-order valence-electron chi connectivity index (χ0n) is 11.7. The lowest BCUT2D eigenvalue weighted by atomic mass is 10.1. The van der Waals surface area contributed by atoms with E-state index >= 15 is 0 Å². The van der Waals surface area contributed by atoms with E-state index in [2.05, 4.69) is 4.98 Å². The second-order valence-corrected chi connectivity index (χ2v) is 5.23. The summed E-state index contributed by atoms with van der Waals surface area (Å²) in [5.41, 5.74) is 0.555. The fourth-order valence-corrected chi connectivity index (χ4v) is 2.66. The SMILES string of the molecule is O=c1c(O)c(-c2ccc3cc[nH]c3c2)oc2cc(O)cc(O)c12. The fraction of sp³-hybridized carbons (Fsp3) is 0. The summed E-state index contributed by atoms with van der Waals surface area (Å²) < 4.78 is 5.56. The van der Waals surface area contributed by atoms with Crippen molar-refractivity contribution in [3.8, 4) is 28.6 Å². The Labute approximate surface area is 128 Å². The summed E-state index contributed by atoms with van der Waals surface area (Å²) in [6.45, 7) is 0. The highest BCUT2D eigenvalue weighted by Gasteiger charge is 2.18. The number of H-pyrrole nitrogens is 1. The van der Waals surface area contributed by atoms with E-state index < -0.39 is 16.9 Å². The van der Waals surface area contributed by atoms with Gasteiger partial charge in [-0.05, 0) is 17.5 Å². The first-order valence-electron chi connectivity index (χ1n) is 6.84. The van der Waals surface area contributed by atoms with Gasteiger partial charge in [-0.15, -0.1) is 0 Å². The predicted molar refractivity (Wildman–Crippen MR) is 84.8 cm³/mol. The van der Waals surface area contributed by atoms with Gasteiger partial charge in [0.2, 0.25) is 11.2 Å². The van der Waals surface area contributed by atoms with Crippen LogP contribution in [0.15, 0.2) is 51.8 Å². The molecule has 6 nitrogen and oxygen atoms in total. The number of hydrogen-bond acceptors (Lipinski definition) is 5. The van der Waals surface area contributed by atoms with Crippen molar-refractivity contribution in [2.24, 2.45) is 0 Å². The van der Waals surface area contributed by atoms with E-state index in [1.165, 1.54) is 6.07 Å². The molecule has 0 aliphatic heterocycles. The van der Waals surface area contributed by atoms with Gasteiger partial charge in [-0.1, -0.05) is 12.1 Å². The maximum absolute atomic E-state index is 12.3. The molecule has 2 aromatic heterocycles. The monoisotopic (exact) mass is 309 g/mol. The minimum atomic E-state index is -0.759. The van der Waals surface area contributed by atoms with Crippen molar-refractivity contribution in [3.63, 3.8) is 0 Å². The minimum Gasteiger partial charge on any atom is -0.508 e. The van der Waals surface area contributed by atoms with E-state index in [0.29, 0.717) is 5.56 Å². The number of phenols is 2. The molecule has 0 unspecified atom stereocenters. The molecule has 0 amide bonds. The van der Waals surface area contributed by atoms with Crippen LogP contribution in [0, 0.1) is 0 Å². The van der Waals surface area contributed by atoms with Crippen LogP contribution in [0.4, 0.5) is 0 Å². The Bertz CT molecular complexity index is 1120. The Kier molecular flexibility index (Phi) is 2.62. The third-order valence-electron chi connectivity index (χ3n) is 3.75. The first-order chi connectivity index (χ1) is 11.0. The van der Waals surface area contributed by atoms with Crippen molar-refractivity contribution in [1.82, 2.24) is 4.98 Å². The zero-order valence-corrected chi connectivity index (χ0v) is 11.7. The lowest BCUT2D eigenvalue weighted by Crippen LogP contribution is -2.02. The molecule has 0 saturated carbocycles. The van der Waals surface area contributed by atoms with E-state index in [4.69, 9.17) is 4.42 Å². The molecular weight excluding hydrogens is 298 g/mol. The molecule has 0 spiro atoms. The molecule has 0 fully saturated rings. The molecule has 0 bridgehead atoms. The molecule has 114 valence electrons. The van der Waals surface area contributed by atoms with Crippen LogP contribution in [-0.2, 0) is 0 Å². The van der Waals surface area contributed by atoms with Crippen LogP contribution in [0.2, 0.25) is 0 Å². The Morgan fingerprint density at radius 3 is 2.65 bits per heavy atom. The Balaban J connectivity index is 2.07. The molecule has 0 aliphatic carbocycles. The van der Waals surface area contributed by atoms with Crippen LogP contribution in [0.25, 0.3) is 33.2 Å². The lowest BCUT2D eigenvalue weighted by molar-refractivity contribution is 0.438. The number of benzene rings is 2. The summed E-state index contributed by atoms with van der Waals surface area (Å²) in [4.78, 5) is 15.3. The normalized spacial score (nSPS) is 11.3. The molecule has 4 N–H and O–H groups in total. The molecule has 0 atom stereocenters. The van der Waals surface area contributed by atoms with Gasteiger partial charge in [0, 0.05) is 29.4 Å². The van der Waals surface area contributed by atoms with Gasteiger partial charge in [-0.2, -0.15) is 0 Å². The molecule has 4 aromatic rings. The largest absolute Gasteiger partial charge is 0.508 e. The van der Waals surface area contributed by atoms with Gasteiger partial charge >= 0.3 is 0 Å². The molecule has 2 aromatic carbocycles. The number of hydrogen-bond donors (Lipinski definition) is 4. The molecule has 4 rings (SSSR count). The summed E-state index contributed by atoms with van der Waals surface area (Å²) in [5, 5.41) is 30.3. The van der Waals surface area contributed by atoms with Gasteiger partial charge in [-0.25, -0.2) is 0 Å². The van der Waals surface area contributed by atoms with E-state index in [0.717, 1.165) is 17.0 Å². The number of rotatable bonds is 1. The quantitative estimate of drug-likeness (QED) is 0.432. The third-order valence-corrected chi connectivity index (χ3v) is 3.75. The van der Waals surface area contributed by atoms with E-state index in [1.807, 2.05) is 12.1 Å². The number of fused-ring (bicyclic) bond motifs is 2. The van der Waals surface area contributed by atoms with Crippen LogP contribution in [0.3, 0.4) is 0 Å². The van der Waals surface area contributed by atoms with Crippen molar-refractivity contribution in [3.05, 3.63) is 52.8 Å².